The molecule has 21 heavy (non-hydrogen) atoms. The first-order chi connectivity index (χ1) is 9.36. The van der Waals surface area contributed by atoms with Crippen LogP contribution in [0.4, 0.5) is 13.2 Å². The maximum Gasteiger partial charge on any atom is 0.416 e. The van der Waals surface area contributed by atoms with E-state index in [0.29, 0.717) is 13.0 Å². The molecule has 1 aliphatic rings. The molecule has 0 bridgehead atoms. The van der Waals surface area contributed by atoms with Gasteiger partial charge in [0, 0.05) is 12.5 Å². The van der Waals surface area contributed by atoms with Gasteiger partial charge in [0.25, 0.3) is 0 Å². The molecule has 0 aliphatic carbocycles. The third-order valence-electron chi connectivity index (χ3n) is 3.62. The van der Waals surface area contributed by atoms with Crippen LogP contribution in [0, 0.1) is 5.92 Å². The number of halogens is 4. The van der Waals surface area contributed by atoms with E-state index in [-0.39, 0.29) is 30.8 Å². The summed E-state index contributed by atoms with van der Waals surface area (Å²) in [7, 11) is 0. The molecule has 1 aromatic rings. The first kappa shape index (κ1) is 17.8. The van der Waals surface area contributed by atoms with E-state index in [0.717, 1.165) is 24.1 Å². The number of nitrogens with one attached hydrogen (secondary N) is 1. The van der Waals surface area contributed by atoms with Crippen molar-refractivity contribution in [2.24, 2.45) is 5.92 Å². The Morgan fingerprint density at radius 1 is 1.29 bits per heavy atom. The predicted octanol–water partition coefficient (Wildman–Crippen LogP) is 3.64. The number of carboxylic acids is 1. The van der Waals surface area contributed by atoms with Crippen molar-refractivity contribution in [3.63, 3.8) is 0 Å². The molecule has 3 nitrogen and oxygen atoms in total. The van der Waals surface area contributed by atoms with Gasteiger partial charge in [0.2, 0.25) is 0 Å². The lowest BCUT2D eigenvalue weighted by molar-refractivity contribution is -0.139. The average molecular weight is 324 g/mol. The largest absolute Gasteiger partial charge is 0.481 e. The maximum atomic E-state index is 12.5. The molecule has 2 N–H and O–H groups in total. The highest BCUT2D eigenvalue weighted by Gasteiger charge is 2.31. The van der Waals surface area contributed by atoms with E-state index in [1.165, 1.54) is 12.1 Å². The van der Waals surface area contributed by atoms with Gasteiger partial charge in [-0.05, 0) is 43.0 Å². The van der Waals surface area contributed by atoms with Crippen molar-refractivity contribution in [2.75, 3.05) is 6.54 Å². The average Bonchev–Trinajstić information content (AvgIpc) is 2.37. The van der Waals surface area contributed by atoms with Gasteiger partial charge >= 0.3 is 12.1 Å². The second-order valence-corrected chi connectivity index (χ2v) is 5.11. The van der Waals surface area contributed by atoms with Crippen LogP contribution < -0.4 is 5.32 Å². The lowest BCUT2D eigenvalue weighted by atomic mass is 9.86. The Balaban J connectivity index is 0.00000220. The van der Waals surface area contributed by atoms with Gasteiger partial charge in [-0.3, -0.25) is 4.79 Å². The molecule has 1 aromatic carbocycles. The van der Waals surface area contributed by atoms with Crippen molar-refractivity contribution in [1.29, 1.82) is 0 Å². The van der Waals surface area contributed by atoms with Gasteiger partial charge in [0.15, 0.2) is 0 Å². The summed E-state index contributed by atoms with van der Waals surface area (Å²) in [5, 5.41) is 12.0. The summed E-state index contributed by atoms with van der Waals surface area (Å²) < 4.78 is 37.5. The number of carboxylic acid groups (broad SMARTS) is 1. The molecule has 7 heteroatoms. The van der Waals surface area contributed by atoms with Crippen molar-refractivity contribution in [1.82, 2.24) is 5.32 Å². The minimum Gasteiger partial charge on any atom is -0.481 e. The zero-order chi connectivity index (χ0) is 14.8. The van der Waals surface area contributed by atoms with Gasteiger partial charge in [-0.2, -0.15) is 13.2 Å². The fourth-order valence-corrected chi connectivity index (χ4v) is 2.59. The number of carbonyl (C=O) groups is 1. The zero-order valence-corrected chi connectivity index (χ0v) is 12.0. The summed E-state index contributed by atoms with van der Waals surface area (Å²) in [6.45, 7) is 0.684. The number of piperidine rings is 1. The Hall–Kier alpha value is -1.27. The van der Waals surface area contributed by atoms with E-state index in [4.69, 9.17) is 5.11 Å². The summed E-state index contributed by atoms with van der Waals surface area (Å²) in [6, 6.07) is 4.98. The minimum atomic E-state index is -4.33. The Morgan fingerprint density at radius 3 is 2.43 bits per heavy atom. The highest BCUT2D eigenvalue weighted by Crippen LogP contribution is 2.32. The standard InChI is InChI=1S/C14H16F3NO2.ClH/c15-14(16,17)11-3-1-10(2-4-11)12-7-9(5-6-18-12)8-13(19)20;/h1-4,9,12,18H,5-8H2,(H,19,20);1H/t9-,12+;/m0./s1. The Bertz CT molecular complexity index is 476. The molecule has 2 atom stereocenters. The lowest BCUT2D eigenvalue weighted by Gasteiger charge is -2.30. The van der Waals surface area contributed by atoms with E-state index in [1.54, 1.807) is 0 Å². The van der Waals surface area contributed by atoms with Gasteiger partial charge < -0.3 is 10.4 Å². The lowest BCUT2D eigenvalue weighted by Crippen LogP contribution is -2.32. The molecule has 1 saturated heterocycles. The maximum absolute atomic E-state index is 12.5. The second kappa shape index (κ2) is 7.13. The SMILES string of the molecule is Cl.O=C(O)C[C@H]1CCN[C@@H](c2ccc(C(F)(F)F)cc2)C1. The quantitative estimate of drug-likeness (QED) is 0.893. The molecule has 1 aliphatic heterocycles. The third kappa shape index (κ3) is 4.89. The van der Waals surface area contributed by atoms with E-state index in [2.05, 4.69) is 5.32 Å². The van der Waals surface area contributed by atoms with Crippen molar-refractivity contribution >= 4 is 18.4 Å². The number of benzene rings is 1. The van der Waals surface area contributed by atoms with Crippen LogP contribution in [0.25, 0.3) is 0 Å². The monoisotopic (exact) mass is 323 g/mol. The Kier molecular flexibility index (Phi) is 6.04. The number of alkyl halides is 3. The second-order valence-electron chi connectivity index (χ2n) is 5.11. The third-order valence-corrected chi connectivity index (χ3v) is 3.62. The van der Waals surface area contributed by atoms with Crippen molar-refractivity contribution < 1.29 is 23.1 Å². The first-order valence-corrected chi connectivity index (χ1v) is 6.48. The van der Waals surface area contributed by atoms with E-state index in [9.17, 15) is 18.0 Å². The van der Waals surface area contributed by atoms with Crippen molar-refractivity contribution in [2.45, 2.75) is 31.5 Å². The van der Waals surface area contributed by atoms with Gasteiger partial charge in [0.1, 0.15) is 0 Å². The molecule has 0 radical (unpaired) electrons. The molecule has 0 aromatic heterocycles. The minimum absolute atomic E-state index is 0. The topological polar surface area (TPSA) is 49.3 Å². The van der Waals surface area contributed by atoms with E-state index in [1.807, 2.05) is 0 Å². The molecule has 0 spiro atoms. The fourth-order valence-electron chi connectivity index (χ4n) is 2.59. The molecule has 118 valence electrons. The zero-order valence-electron chi connectivity index (χ0n) is 11.2. The predicted molar refractivity (Wildman–Crippen MR) is 74.4 cm³/mol. The summed E-state index contributed by atoms with van der Waals surface area (Å²) in [4.78, 5) is 10.7. The van der Waals surface area contributed by atoms with Crippen LogP contribution >= 0.6 is 12.4 Å². The van der Waals surface area contributed by atoms with Crippen LogP contribution in [0.1, 0.15) is 36.4 Å². The molecule has 0 saturated carbocycles. The van der Waals surface area contributed by atoms with Crippen LogP contribution in [-0.2, 0) is 11.0 Å². The molecule has 1 fully saturated rings. The fraction of sp³-hybridized carbons (Fsp3) is 0.500. The number of hydrogen-bond donors (Lipinski definition) is 2. The van der Waals surface area contributed by atoms with Crippen LogP contribution in [0.5, 0.6) is 0 Å². The number of hydrogen-bond acceptors (Lipinski definition) is 2. The van der Waals surface area contributed by atoms with Gasteiger partial charge in [-0.15, -0.1) is 12.4 Å². The molecule has 2 rings (SSSR count). The van der Waals surface area contributed by atoms with Crippen LogP contribution in [0.3, 0.4) is 0 Å². The van der Waals surface area contributed by atoms with Crippen LogP contribution in [0.15, 0.2) is 24.3 Å². The van der Waals surface area contributed by atoms with Crippen LogP contribution in [0.2, 0.25) is 0 Å². The molecule has 0 amide bonds. The van der Waals surface area contributed by atoms with E-state index >= 15 is 0 Å². The van der Waals surface area contributed by atoms with E-state index < -0.39 is 17.7 Å². The molecular weight excluding hydrogens is 307 g/mol. The van der Waals surface area contributed by atoms with Gasteiger partial charge in [-0.25, -0.2) is 0 Å². The molecule has 1 heterocycles. The molecular formula is C14H17ClF3NO2. The van der Waals surface area contributed by atoms with Crippen LogP contribution in [-0.4, -0.2) is 17.6 Å². The summed E-state index contributed by atoms with van der Waals surface area (Å²) in [5.74, 6) is -0.760. The van der Waals surface area contributed by atoms with Gasteiger partial charge in [-0.1, -0.05) is 12.1 Å². The summed E-state index contributed by atoms with van der Waals surface area (Å²) in [5.41, 5.74) is 0.104. The number of aliphatic carboxylic acids is 1. The highest BCUT2D eigenvalue weighted by atomic mass is 35.5. The number of rotatable bonds is 3. The first-order valence-electron chi connectivity index (χ1n) is 6.48. The smallest absolute Gasteiger partial charge is 0.416 e. The molecule has 0 unspecified atom stereocenters. The summed E-state index contributed by atoms with van der Waals surface area (Å²) >= 11 is 0. The normalized spacial score (nSPS) is 22.4. The summed E-state index contributed by atoms with van der Waals surface area (Å²) in [6.07, 6.45) is -2.80. The Labute approximate surface area is 127 Å². The van der Waals surface area contributed by atoms with Crippen molar-refractivity contribution in [3.8, 4) is 0 Å². The van der Waals surface area contributed by atoms with Gasteiger partial charge in [0.05, 0.1) is 5.56 Å². The Morgan fingerprint density at radius 2 is 1.90 bits per heavy atom. The van der Waals surface area contributed by atoms with Crippen molar-refractivity contribution in [3.05, 3.63) is 35.4 Å². The highest BCUT2D eigenvalue weighted by molar-refractivity contribution is 5.85.